The summed E-state index contributed by atoms with van der Waals surface area (Å²) in [6, 6.07) is 17.0. The van der Waals surface area contributed by atoms with Crippen LogP contribution in [-0.2, 0) is 5.88 Å². The van der Waals surface area contributed by atoms with E-state index in [0.717, 1.165) is 36.2 Å². The SMILES string of the molecule is ClCc1ccc(N2CCN(c3ccccc3)CC2)c(Br)c1. The van der Waals surface area contributed by atoms with Gasteiger partial charge in [-0.2, -0.15) is 0 Å². The quantitative estimate of drug-likeness (QED) is 0.738. The molecule has 0 aliphatic carbocycles. The number of anilines is 2. The normalized spacial score (nSPS) is 15.3. The first-order valence-electron chi connectivity index (χ1n) is 7.17. The minimum absolute atomic E-state index is 0.556. The zero-order chi connectivity index (χ0) is 14.7. The number of hydrogen-bond donors (Lipinski definition) is 0. The van der Waals surface area contributed by atoms with E-state index in [1.54, 1.807) is 0 Å². The van der Waals surface area contributed by atoms with E-state index in [2.05, 4.69) is 74.3 Å². The number of para-hydroxylation sites is 1. The molecule has 1 heterocycles. The molecular weight excluding hydrogens is 348 g/mol. The Morgan fingerprint density at radius 2 is 1.57 bits per heavy atom. The van der Waals surface area contributed by atoms with Crippen molar-refractivity contribution in [1.82, 2.24) is 0 Å². The van der Waals surface area contributed by atoms with Gasteiger partial charge in [0.1, 0.15) is 0 Å². The molecule has 3 rings (SSSR count). The Labute approximate surface area is 139 Å². The molecule has 1 aliphatic rings. The Kier molecular flexibility index (Phi) is 4.71. The minimum atomic E-state index is 0.556. The number of piperazine rings is 1. The van der Waals surface area contributed by atoms with Crippen LogP contribution in [0.3, 0.4) is 0 Å². The van der Waals surface area contributed by atoms with Gasteiger partial charge in [0.15, 0.2) is 0 Å². The summed E-state index contributed by atoms with van der Waals surface area (Å²) < 4.78 is 1.13. The highest BCUT2D eigenvalue weighted by Crippen LogP contribution is 2.29. The van der Waals surface area contributed by atoms with Crippen LogP contribution in [0.2, 0.25) is 0 Å². The fourth-order valence-corrected chi connectivity index (χ4v) is 3.58. The first-order valence-corrected chi connectivity index (χ1v) is 8.50. The Bertz CT molecular complexity index is 595. The van der Waals surface area contributed by atoms with Crippen LogP contribution in [0.5, 0.6) is 0 Å². The zero-order valence-electron chi connectivity index (χ0n) is 11.8. The second-order valence-corrected chi connectivity index (χ2v) is 6.35. The van der Waals surface area contributed by atoms with Crippen LogP contribution in [0.25, 0.3) is 0 Å². The third-order valence-corrected chi connectivity index (χ3v) is 4.85. The van der Waals surface area contributed by atoms with Crippen molar-refractivity contribution in [3.8, 4) is 0 Å². The number of nitrogens with zero attached hydrogens (tertiary/aromatic N) is 2. The number of hydrogen-bond acceptors (Lipinski definition) is 2. The molecular formula is C17H18BrClN2. The lowest BCUT2D eigenvalue weighted by Crippen LogP contribution is -2.46. The highest BCUT2D eigenvalue weighted by molar-refractivity contribution is 9.10. The molecule has 110 valence electrons. The second-order valence-electron chi connectivity index (χ2n) is 5.23. The molecule has 0 atom stereocenters. The molecule has 0 amide bonds. The summed E-state index contributed by atoms with van der Waals surface area (Å²) in [6.07, 6.45) is 0. The predicted molar refractivity (Wildman–Crippen MR) is 94.6 cm³/mol. The van der Waals surface area contributed by atoms with Crippen molar-refractivity contribution in [3.63, 3.8) is 0 Å². The maximum atomic E-state index is 5.88. The molecule has 0 spiro atoms. The molecule has 0 radical (unpaired) electrons. The van der Waals surface area contributed by atoms with Gasteiger partial charge in [0.25, 0.3) is 0 Å². The van der Waals surface area contributed by atoms with Crippen molar-refractivity contribution in [1.29, 1.82) is 0 Å². The van der Waals surface area contributed by atoms with Crippen LogP contribution in [0, 0.1) is 0 Å². The van der Waals surface area contributed by atoms with Gasteiger partial charge in [0, 0.05) is 42.2 Å². The van der Waals surface area contributed by atoms with Crippen molar-refractivity contribution in [2.24, 2.45) is 0 Å². The summed E-state index contributed by atoms with van der Waals surface area (Å²) >= 11 is 9.55. The predicted octanol–water partition coefficient (Wildman–Crippen LogP) is 4.51. The lowest BCUT2D eigenvalue weighted by molar-refractivity contribution is 0.652. The van der Waals surface area contributed by atoms with Gasteiger partial charge in [-0.1, -0.05) is 24.3 Å². The number of rotatable bonds is 3. The van der Waals surface area contributed by atoms with Gasteiger partial charge in [-0.15, -0.1) is 11.6 Å². The molecule has 0 saturated carbocycles. The summed E-state index contributed by atoms with van der Waals surface area (Å²) in [5.41, 5.74) is 3.72. The van der Waals surface area contributed by atoms with E-state index in [-0.39, 0.29) is 0 Å². The van der Waals surface area contributed by atoms with E-state index >= 15 is 0 Å². The first kappa shape index (κ1) is 14.7. The zero-order valence-corrected chi connectivity index (χ0v) is 14.1. The van der Waals surface area contributed by atoms with Crippen molar-refractivity contribution in [2.45, 2.75) is 5.88 Å². The Morgan fingerprint density at radius 1 is 0.905 bits per heavy atom. The monoisotopic (exact) mass is 364 g/mol. The lowest BCUT2D eigenvalue weighted by Gasteiger charge is -2.37. The highest BCUT2D eigenvalue weighted by Gasteiger charge is 2.18. The number of halogens is 2. The summed E-state index contributed by atoms with van der Waals surface area (Å²) in [5, 5.41) is 0. The molecule has 0 aromatic heterocycles. The van der Waals surface area contributed by atoms with Crippen LogP contribution in [0.4, 0.5) is 11.4 Å². The molecule has 21 heavy (non-hydrogen) atoms. The fourth-order valence-electron chi connectivity index (χ4n) is 2.73. The van der Waals surface area contributed by atoms with E-state index in [0.29, 0.717) is 5.88 Å². The van der Waals surface area contributed by atoms with Gasteiger partial charge in [0.2, 0.25) is 0 Å². The first-order chi connectivity index (χ1) is 10.3. The minimum Gasteiger partial charge on any atom is -0.368 e. The number of alkyl halides is 1. The van der Waals surface area contributed by atoms with Crippen LogP contribution in [-0.4, -0.2) is 26.2 Å². The van der Waals surface area contributed by atoms with E-state index in [9.17, 15) is 0 Å². The van der Waals surface area contributed by atoms with Crippen LogP contribution >= 0.6 is 27.5 Å². The lowest BCUT2D eigenvalue weighted by atomic mass is 10.2. The largest absolute Gasteiger partial charge is 0.368 e. The van der Waals surface area contributed by atoms with E-state index in [4.69, 9.17) is 11.6 Å². The van der Waals surface area contributed by atoms with Crippen LogP contribution in [0.15, 0.2) is 53.0 Å². The van der Waals surface area contributed by atoms with Gasteiger partial charge in [-0.25, -0.2) is 0 Å². The molecule has 1 fully saturated rings. The van der Waals surface area contributed by atoms with Crippen LogP contribution < -0.4 is 9.80 Å². The molecule has 4 heteroatoms. The smallest absolute Gasteiger partial charge is 0.0512 e. The molecule has 1 saturated heterocycles. The third kappa shape index (κ3) is 3.35. The Hall–Kier alpha value is -1.19. The van der Waals surface area contributed by atoms with Crippen molar-refractivity contribution >= 4 is 38.9 Å². The Morgan fingerprint density at radius 3 is 2.19 bits per heavy atom. The van der Waals surface area contributed by atoms with Gasteiger partial charge < -0.3 is 9.80 Å². The topological polar surface area (TPSA) is 6.48 Å². The van der Waals surface area contributed by atoms with Crippen molar-refractivity contribution in [3.05, 3.63) is 58.6 Å². The Balaban J connectivity index is 1.68. The average Bonchev–Trinajstić information content (AvgIpc) is 2.56. The molecule has 2 nitrogen and oxygen atoms in total. The molecule has 1 aliphatic heterocycles. The number of benzene rings is 2. The fraction of sp³-hybridized carbons (Fsp3) is 0.294. The van der Waals surface area contributed by atoms with Crippen LogP contribution in [0.1, 0.15) is 5.56 Å². The van der Waals surface area contributed by atoms with Crippen molar-refractivity contribution < 1.29 is 0 Å². The van der Waals surface area contributed by atoms with Gasteiger partial charge in [-0.05, 0) is 45.8 Å². The summed E-state index contributed by atoms with van der Waals surface area (Å²) in [5.74, 6) is 0.556. The summed E-state index contributed by atoms with van der Waals surface area (Å²) in [6.45, 7) is 4.17. The standard InChI is InChI=1S/C17H18BrClN2/c18-16-12-14(13-19)6-7-17(16)21-10-8-20(9-11-21)15-4-2-1-3-5-15/h1-7,12H,8-11,13H2. The molecule has 2 aromatic rings. The highest BCUT2D eigenvalue weighted by atomic mass is 79.9. The van der Waals surface area contributed by atoms with Crippen molar-refractivity contribution in [2.75, 3.05) is 36.0 Å². The molecule has 0 bridgehead atoms. The van der Waals surface area contributed by atoms with E-state index in [1.807, 2.05) is 0 Å². The van der Waals surface area contributed by atoms with Gasteiger partial charge >= 0.3 is 0 Å². The molecule has 2 aromatic carbocycles. The van der Waals surface area contributed by atoms with Gasteiger partial charge in [-0.3, -0.25) is 0 Å². The summed E-state index contributed by atoms with van der Waals surface area (Å²) in [7, 11) is 0. The van der Waals surface area contributed by atoms with E-state index in [1.165, 1.54) is 11.4 Å². The third-order valence-electron chi connectivity index (χ3n) is 3.91. The maximum Gasteiger partial charge on any atom is 0.0512 e. The maximum absolute atomic E-state index is 5.88. The summed E-state index contributed by atoms with van der Waals surface area (Å²) in [4.78, 5) is 4.87. The second kappa shape index (κ2) is 6.71. The van der Waals surface area contributed by atoms with Gasteiger partial charge in [0.05, 0.1) is 5.69 Å². The van der Waals surface area contributed by atoms with E-state index < -0.39 is 0 Å². The molecule has 0 unspecified atom stereocenters. The average molecular weight is 366 g/mol. The molecule has 0 N–H and O–H groups in total.